The number of carbonyl (C=O) groups is 1. The summed E-state index contributed by atoms with van der Waals surface area (Å²) in [5, 5.41) is 2.86. The lowest BCUT2D eigenvalue weighted by atomic mass is 9.83. The van der Waals surface area contributed by atoms with E-state index in [4.69, 9.17) is 0 Å². The standard InChI is InChI=1S/C23H30N6O3/c1-15-12-27(2)11-10-17(15)7-4-16-5-8-18(9-6-16)25-19(30)13-29-14-24-21-20(29)22(31)26-23(32)28(21)3/h5-6,8-9,14-15,17H,4,7,10-13H2,1-3H3,(H,25,30)(H,26,31,32). The van der Waals surface area contributed by atoms with Gasteiger partial charge in [-0.1, -0.05) is 19.1 Å². The molecule has 1 aromatic carbocycles. The van der Waals surface area contributed by atoms with Crippen LogP contribution in [0.4, 0.5) is 5.69 Å². The lowest BCUT2D eigenvalue weighted by molar-refractivity contribution is -0.116. The van der Waals surface area contributed by atoms with Crippen LogP contribution in [-0.2, 0) is 24.8 Å². The first-order valence-corrected chi connectivity index (χ1v) is 11.0. The first-order chi connectivity index (χ1) is 15.3. The van der Waals surface area contributed by atoms with Crippen LogP contribution in [-0.4, -0.2) is 50.0 Å². The van der Waals surface area contributed by atoms with Crippen molar-refractivity contribution >= 4 is 22.8 Å². The van der Waals surface area contributed by atoms with Crippen LogP contribution in [0.3, 0.4) is 0 Å². The number of H-pyrrole nitrogens is 1. The molecule has 2 N–H and O–H groups in total. The molecule has 9 nitrogen and oxygen atoms in total. The third-order valence-corrected chi connectivity index (χ3v) is 6.52. The monoisotopic (exact) mass is 438 g/mol. The second-order valence-electron chi connectivity index (χ2n) is 8.94. The van der Waals surface area contributed by atoms with Gasteiger partial charge in [-0.3, -0.25) is 19.1 Å². The molecule has 1 fully saturated rings. The van der Waals surface area contributed by atoms with Gasteiger partial charge in [-0.15, -0.1) is 0 Å². The number of likely N-dealkylation sites (tertiary alicyclic amines) is 1. The van der Waals surface area contributed by atoms with E-state index in [1.54, 1.807) is 0 Å². The molecule has 0 spiro atoms. The summed E-state index contributed by atoms with van der Waals surface area (Å²) in [5.41, 5.74) is 1.31. The molecule has 2 unspecified atom stereocenters. The molecule has 3 aromatic rings. The molecule has 0 aliphatic carbocycles. The second kappa shape index (κ2) is 9.12. The molecule has 1 aliphatic heterocycles. The van der Waals surface area contributed by atoms with Crippen LogP contribution in [0.25, 0.3) is 11.2 Å². The normalized spacial score (nSPS) is 19.3. The molecule has 1 saturated heterocycles. The smallest absolute Gasteiger partial charge is 0.325 e. The van der Waals surface area contributed by atoms with Crippen LogP contribution in [0.2, 0.25) is 0 Å². The minimum atomic E-state index is -0.559. The summed E-state index contributed by atoms with van der Waals surface area (Å²) in [5.74, 6) is 1.21. The Morgan fingerprint density at radius 3 is 2.69 bits per heavy atom. The fourth-order valence-electron chi connectivity index (χ4n) is 4.60. The van der Waals surface area contributed by atoms with Gasteiger partial charge in [-0.05, 0) is 62.4 Å². The number of benzene rings is 1. The molecular formula is C23H30N6O3. The van der Waals surface area contributed by atoms with E-state index in [0.29, 0.717) is 5.69 Å². The van der Waals surface area contributed by atoms with E-state index in [1.807, 2.05) is 12.1 Å². The van der Waals surface area contributed by atoms with Crippen molar-refractivity contribution in [2.45, 2.75) is 32.7 Å². The largest absolute Gasteiger partial charge is 0.329 e. The average Bonchev–Trinajstić information content (AvgIpc) is 3.16. The topological polar surface area (TPSA) is 105 Å². The molecule has 1 aliphatic rings. The van der Waals surface area contributed by atoms with Gasteiger partial charge in [-0.2, -0.15) is 0 Å². The molecule has 3 heterocycles. The highest BCUT2D eigenvalue weighted by atomic mass is 16.2. The van der Waals surface area contributed by atoms with Crippen molar-refractivity contribution in [2.75, 3.05) is 25.5 Å². The Morgan fingerprint density at radius 1 is 1.22 bits per heavy atom. The van der Waals surface area contributed by atoms with Crippen molar-refractivity contribution in [1.82, 2.24) is 24.0 Å². The first kappa shape index (κ1) is 22.0. The molecule has 0 radical (unpaired) electrons. The van der Waals surface area contributed by atoms with Crippen molar-refractivity contribution in [3.8, 4) is 0 Å². The summed E-state index contributed by atoms with van der Waals surface area (Å²) in [7, 11) is 3.71. The third kappa shape index (κ3) is 4.67. The Morgan fingerprint density at radius 2 is 1.97 bits per heavy atom. The van der Waals surface area contributed by atoms with Crippen LogP contribution in [0.1, 0.15) is 25.3 Å². The number of aryl methyl sites for hydroxylation is 2. The third-order valence-electron chi connectivity index (χ3n) is 6.52. The van der Waals surface area contributed by atoms with E-state index in [9.17, 15) is 14.4 Å². The number of amides is 1. The number of hydrogen-bond donors (Lipinski definition) is 2. The number of carbonyl (C=O) groups excluding carboxylic acids is 1. The highest BCUT2D eigenvalue weighted by Crippen LogP contribution is 2.27. The summed E-state index contributed by atoms with van der Waals surface area (Å²) in [6.45, 7) is 4.61. The maximum absolute atomic E-state index is 12.5. The van der Waals surface area contributed by atoms with Gasteiger partial charge in [0.05, 0.1) is 6.33 Å². The lowest BCUT2D eigenvalue weighted by Crippen LogP contribution is -2.36. The minimum absolute atomic E-state index is 0.0758. The van der Waals surface area contributed by atoms with Crippen LogP contribution in [0.15, 0.2) is 40.2 Å². The predicted molar refractivity (Wildman–Crippen MR) is 124 cm³/mol. The number of piperidine rings is 1. The zero-order chi connectivity index (χ0) is 22.8. The van der Waals surface area contributed by atoms with Gasteiger partial charge >= 0.3 is 5.69 Å². The Hall–Kier alpha value is -3.20. The number of fused-ring (bicyclic) bond motifs is 1. The minimum Gasteiger partial charge on any atom is -0.325 e. The summed E-state index contributed by atoms with van der Waals surface area (Å²) in [6, 6.07) is 7.94. The van der Waals surface area contributed by atoms with Crippen LogP contribution < -0.4 is 16.6 Å². The summed E-state index contributed by atoms with van der Waals surface area (Å²) >= 11 is 0. The van der Waals surface area contributed by atoms with Crippen molar-refractivity contribution < 1.29 is 4.79 Å². The molecule has 1 amide bonds. The van der Waals surface area contributed by atoms with E-state index in [-0.39, 0.29) is 23.6 Å². The van der Waals surface area contributed by atoms with Crippen molar-refractivity contribution in [2.24, 2.45) is 18.9 Å². The highest BCUT2D eigenvalue weighted by Gasteiger charge is 2.23. The molecule has 0 bridgehead atoms. The molecule has 9 heteroatoms. The quantitative estimate of drug-likeness (QED) is 0.608. The molecule has 2 atom stereocenters. The molecule has 170 valence electrons. The number of aromatic nitrogens is 4. The summed E-state index contributed by atoms with van der Waals surface area (Å²) < 4.78 is 2.69. The van der Waals surface area contributed by atoms with Gasteiger partial charge in [0.25, 0.3) is 5.56 Å². The lowest BCUT2D eigenvalue weighted by Gasteiger charge is -2.34. The molecule has 0 saturated carbocycles. The number of nitrogens with one attached hydrogen (secondary N) is 2. The predicted octanol–water partition coefficient (Wildman–Crippen LogP) is 1.58. The first-order valence-electron chi connectivity index (χ1n) is 11.0. The van der Waals surface area contributed by atoms with Crippen LogP contribution >= 0.6 is 0 Å². The Labute approximate surface area is 186 Å². The summed E-state index contributed by atoms with van der Waals surface area (Å²) in [6.07, 6.45) is 4.87. The van der Waals surface area contributed by atoms with E-state index >= 15 is 0 Å². The number of anilines is 1. The molecular weight excluding hydrogens is 408 g/mol. The van der Waals surface area contributed by atoms with Crippen molar-refractivity contribution in [3.63, 3.8) is 0 Å². The number of nitrogens with zero attached hydrogens (tertiary/aromatic N) is 4. The van der Waals surface area contributed by atoms with Gasteiger partial charge in [0.15, 0.2) is 11.2 Å². The van der Waals surface area contributed by atoms with Gasteiger partial charge in [-0.25, -0.2) is 9.78 Å². The fourth-order valence-corrected chi connectivity index (χ4v) is 4.60. The van der Waals surface area contributed by atoms with Crippen molar-refractivity contribution in [3.05, 3.63) is 57.0 Å². The average molecular weight is 439 g/mol. The van der Waals surface area contributed by atoms with E-state index in [0.717, 1.165) is 18.3 Å². The Kier molecular flexibility index (Phi) is 6.27. The fraction of sp³-hybridized carbons (Fsp3) is 0.478. The number of aromatic amines is 1. The van der Waals surface area contributed by atoms with Crippen molar-refractivity contribution in [1.29, 1.82) is 0 Å². The second-order valence-corrected chi connectivity index (χ2v) is 8.94. The Bertz CT molecular complexity index is 1220. The van der Waals surface area contributed by atoms with Gasteiger partial charge in [0.2, 0.25) is 5.91 Å². The van der Waals surface area contributed by atoms with Crippen LogP contribution in [0, 0.1) is 11.8 Å². The zero-order valence-electron chi connectivity index (χ0n) is 18.8. The van der Waals surface area contributed by atoms with E-state index < -0.39 is 11.2 Å². The highest BCUT2D eigenvalue weighted by molar-refractivity contribution is 5.91. The Balaban J connectivity index is 1.35. The van der Waals surface area contributed by atoms with Gasteiger partial charge in [0, 0.05) is 19.3 Å². The number of rotatable bonds is 6. The maximum atomic E-state index is 12.5. The maximum Gasteiger partial charge on any atom is 0.329 e. The van der Waals surface area contributed by atoms with E-state index in [2.05, 4.69) is 46.3 Å². The molecule has 2 aromatic heterocycles. The SMILES string of the molecule is CC1CN(C)CCC1CCc1ccc(NC(=O)Cn2cnc3c2c(=O)[nH]c(=O)n3C)cc1. The van der Waals surface area contributed by atoms with Gasteiger partial charge in [0.1, 0.15) is 6.54 Å². The number of hydrogen-bond acceptors (Lipinski definition) is 5. The van der Waals surface area contributed by atoms with E-state index in [1.165, 1.54) is 54.0 Å². The van der Waals surface area contributed by atoms with Gasteiger partial charge < -0.3 is 14.8 Å². The zero-order valence-corrected chi connectivity index (χ0v) is 18.8. The summed E-state index contributed by atoms with van der Waals surface area (Å²) in [4.78, 5) is 45.1. The molecule has 32 heavy (non-hydrogen) atoms. The molecule has 4 rings (SSSR count). The number of imidazole rings is 1. The van der Waals surface area contributed by atoms with Crippen LogP contribution in [0.5, 0.6) is 0 Å².